The van der Waals surface area contributed by atoms with Crippen LogP contribution in [0.4, 0.5) is 11.4 Å². The summed E-state index contributed by atoms with van der Waals surface area (Å²) in [5, 5.41) is 8.05. The zero-order chi connectivity index (χ0) is 18.2. The summed E-state index contributed by atoms with van der Waals surface area (Å²) in [7, 11) is 1.64. The number of methoxy groups -OCH3 is 1. The van der Waals surface area contributed by atoms with Crippen molar-refractivity contribution in [3.05, 3.63) is 70.9 Å². The number of hydrogen-bond donors (Lipinski definition) is 2. The third-order valence-electron chi connectivity index (χ3n) is 3.65. The fourth-order valence-electron chi connectivity index (χ4n) is 2.31. The smallest absolute Gasteiger partial charge is 0.265 e. The zero-order valence-electron chi connectivity index (χ0n) is 14.4. The van der Waals surface area contributed by atoms with Crippen LogP contribution in [0.1, 0.15) is 9.67 Å². The van der Waals surface area contributed by atoms with Gasteiger partial charge in [0.25, 0.3) is 5.91 Å². The minimum absolute atomic E-state index is 0.0893. The first-order valence-electron chi connectivity index (χ1n) is 8.20. The Labute approximate surface area is 156 Å². The maximum absolute atomic E-state index is 12.0. The van der Waals surface area contributed by atoms with Crippen LogP contribution in [0, 0.1) is 0 Å². The van der Waals surface area contributed by atoms with E-state index in [2.05, 4.69) is 10.6 Å². The average molecular weight is 368 g/mol. The quantitative estimate of drug-likeness (QED) is 0.575. The van der Waals surface area contributed by atoms with Crippen LogP contribution in [0.3, 0.4) is 0 Å². The van der Waals surface area contributed by atoms with Crippen molar-refractivity contribution in [3.8, 4) is 11.5 Å². The van der Waals surface area contributed by atoms with Gasteiger partial charge in [-0.05, 0) is 60.0 Å². The van der Waals surface area contributed by atoms with Gasteiger partial charge in [0.2, 0.25) is 0 Å². The van der Waals surface area contributed by atoms with Crippen LogP contribution in [-0.2, 0) is 0 Å². The number of ether oxygens (including phenoxy) is 2. The Morgan fingerprint density at radius 1 is 0.962 bits per heavy atom. The topological polar surface area (TPSA) is 59.6 Å². The first-order chi connectivity index (χ1) is 12.7. The van der Waals surface area contributed by atoms with E-state index in [4.69, 9.17) is 9.47 Å². The minimum Gasteiger partial charge on any atom is -0.497 e. The standard InChI is InChI=1S/C20H20N2O3S/c1-24-17-8-10-18(11-9-17)25-13-12-21-15-4-6-16(7-5-15)22-20(23)19-3-2-14-26-19/h2-11,14,21H,12-13H2,1H3,(H,22,23). The van der Waals surface area contributed by atoms with E-state index in [1.165, 1.54) is 11.3 Å². The van der Waals surface area contributed by atoms with Gasteiger partial charge in [-0.3, -0.25) is 4.79 Å². The van der Waals surface area contributed by atoms with Crippen molar-refractivity contribution in [2.24, 2.45) is 0 Å². The van der Waals surface area contributed by atoms with Crippen molar-refractivity contribution in [1.29, 1.82) is 0 Å². The number of carbonyl (C=O) groups is 1. The van der Waals surface area contributed by atoms with Gasteiger partial charge in [0.15, 0.2) is 0 Å². The number of carbonyl (C=O) groups excluding carboxylic acids is 1. The lowest BCUT2D eigenvalue weighted by Crippen LogP contribution is -2.12. The number of benzene rings is 2. The molecule has 0 spiro atoms. The monoisotopic (exact) mass is 368 g/mol. The first kappa shape index (κ1) is 17.8. The largest absolute Gasteiger partial charge is 0.497 e. The molecule has 0 unspecified atom stereocenters. The Balaban J connectivity index is 1.41. The molecule has 1 amide bonds. The highest BCUT2D eigenvalue weighted by atomic mass is 32.1. The maximum atomic E-state index is 12.0. The molecule has 2 aromatic carbocycles. The summed E-state index contributed by atoms with van der Waals surface area (Å²) in [6.07, 6.45) is 0. The minimum atomic E-state index is -0.0893. The van der Waals surface area contributed by atoms with E-state index in [0.717, 1.165) is 22.9 Å². The molecule has 3 rings (SSSR count). The summed E-state index contributed by atoms with van der Waals surface area (Å²) >= 11 is 1.42. The normalized spacial score (nSPS) is 10.2. The summed E-state index contributed by atoms with van der Waals surface area (Å²) < 4.78 is 10.8. The van der Waals surface area contributed by atoms with Gasteiger partial charge in [-0.2, -0.15) is 0 Å². The van der Waals surface area contributed by atoms with Crippen LogP contribution in [0.15, 0.2) is 66.0 Å². The van der Waals surface area contributed by atoms with Crippen LogP contribution >= 0.6 is 11.3 Å². The van der Waals surface area contributed by atoms with Crippen LogP contribution in [0.5, 0.6) is 11.5 Å². The van der Waals surface area contributed by atoms with Crippen LogP contribution in [0.2, 0.25) is 0 Å². The summed E-state index contributed by atoms with van der Waals surface area (Å²) in [6.45, 7) is 1.22. The molecule has 0 radical (unpaired) electrons. The molecular weight excluding hydrogens is 348 g/mol. The van der Waals surface area contributed by atoms with Gasteiger partial charge in [-0.1, -0.05) is 6.07 Å². The van der Waals surface area contributed by atoms with Crippen molar-refractivity contribution in [1.82, 2.24) is 0 Å². The van der Waals surface area contributed by atoms with Gasteiger partial charge in [0.05, 0.1) is 12.0 Å². The van der Waals surface area contributed by atoms with Crippen molar-refractivity contribution >= 4 is 28.6 Å². The predicted octanol–water partition coefficient (Wildman–Crippen LogP) is 4.50. The third kappa shape index (κ3) is 5.00. The molecular formula is C20H20N2O3S. The second-order valence-electron chi connectivity index (χ2n) is 5.46. The van der Waals surface area contributed by atoms with E-state index < -0.39 is 0 Å². The number of thiophene rings is 1. The molecule has 0 fully saturated rings. The zero-order valence-corrected chi connectivity index (χ0v) is 15.2. The van der Waals surface area contributed by atoms with E-state index in [-0.39, 0.29) is 5.91 Å². The molecule has 0 aliphatic heterocycles. The molecule has 2 N–H and O–H groups in total. The van der Waals surface area contributed by atoms with Gasteiger partial charge in [-0.25, -0.2) is 0 Å². The van der Waals surface area contributed by atoms with Gasteiger partial charge in [-0.15, -0.1) is 11.3 Å². The molecule has 6 heteroatoms. The van der Waals surface area contributed by atoms with Crippen molar-refractivity contribution in [3.63, 3.8) is 0 Å². The van der Waals surface area contributed by atoms with Crippen LogP contribution in [-0.4, -0.2) is 26.2 Å². The number of amides is 1. The summed E-state index contributed by atoms with van der Waals surface area (Å²) in [6, 6.07) is 18.8. The first-order valence-corrected chi connectivity index (χ1v) is 9.08. The predicted molar refractivity (Wildman–Crippen MR) is 106 cm³/mol. The van der Waals surface area contributed by atoms with E-state index in [9.17, 15) is 4.79 Å². The molecule has 0 bridgehead atoms. The Hall–Kier alpha value is -2.99. The number of hydrogen-bond acceptors (Lipinski definition) is 5. The number of rotatable bonds is 8. The average Bonchev–Trinajstić information content (AvgIpc) is 3.22. The van der Waals surface area contributed by atoms with Gasteiger partial charge in [0, 0.05) is 17.9 Å². The lowest BCUT2D eigenvalue weighted by molar-refractivity contribution is 0.103. The van der Waals surface area contributed by atoms with E-state index in [1.807, 2.05) is 60.0 Å². The maximum Gasteiger partial charge on any atom is 0.265 e. The van der Waals surface area contributed by atoms with Crippen molar-refractivity contribution < 1.29 is 14.3 Å². The Bertz CT molecular complexity index is 815. The summed E-state index contributed by atoms with van der Waals surface area (Å²) in [5.41, 5.74) is 1.74. The fraction of sp³-hybridized carbons (Fsp3) is 0.150. The molecule has 1 aromatic heterocycles. The second-order valence-corrected chi connectivity index (χ2v) is 6.41. The summed E-state index contributed by atoms with van der Waals surface area (Å²) in [4.78, 5) is 12.7. The van der Waals surface area contributed by atoms with Crippen molar-refractivity contribution in [2.75, 3.05) is 30.9 Å². The second kappa shape index (κ2) is 8.92. The van der Waals surface area contributed by atoms with Crippen molar-refractivity contribution in [2.45, 2.75) is 0 Å². The fourth-order valence-corrected chi connectivity index (χ4v) is 2.93. The van der Waals surface area contributed by atoms with E-state index in [0.29, 0.717) is 18.0 Å². The Morgan fingerprint density at radius 3 is 2.31 bits per heavy atom. The molecule has 3 aromatic rings. The molecule has 0 saturated carbocycles. The van der Waals surface area contributed by atoms with Gasteiger partial charge in [0.1, 0.15) is 18.1 Å². The highest BCUT2D eigenvalue weighted by molar-refractivity contribution is 7.12. The van der Waals surface area contributed by atoms with E-state index >= 15 is 0 Å². The van der Waals surface area contributed by atoms with E-state index in [1.54, 1.807) is 13.2 Å². The number of nitrogens with one attached hydrogen (secondary N) is 2. The highest BCUT2D eigenvalue weighted by Gasteiger charge is 2.06. The van der Waals surface area contributed by atoms with Crippen LogP contribution < -0.4 is 20.1 Å². The highest BCUT2D eigenvalue weighted by Crippen LogP contribution is 2.18. The Kier molecular flexibility index (Phi) is 6.11. The molecule has 5 nitrogen and oxygen atoms in total. The lowest BCUT2D eigenvalue weighted by atomic mass is 10.2. The molecule has 0 aliphatic carbocycles. The van der Waals surface area contributed by atoms with Gasteiger partial charge < -0.3 is 20.1 Å². The molecule has 0 saturated heterocycles. The molecule has 0 atom stereocenters. The summed E-state index contributed by atoms with van der Waals surface area (Å²) in [5.74, 6) is 1.52. The Morgan fingerprint density at radius 2 is 1.65 bits per heavy atom. The number of anilines is 2. The lowest BCUT2D eigenvalue weighted by Gasteiger charge is -2.10. The SMILES string of the molecule is COc1ccc(OCCNc2ccc(NC(=O)c3cccs3)cc2)cc1. The molecule has 134 valence electrons. The van der Waals surface area contributed by atoms with Crippen LogP contribution in [0.25, 0.3) is 0 Å². The molecule has 1 heterocycles. The van der Waals surface area contributed by atoms with Gasteiger partial charge >= 0.3 is 0 Å². The molecule has 26 heavy (non-hydrogen) atoms. The third-order valence-corrected chi connectivity index (χ3v) is 4.52. The molecule has 0 aliphatic rings.